The van der Waals surface area contributed by atoms with Crippen molar-refractivity contribution in [1.29, 1.82) is 0 Å². The maximum atomic E-state index is 12.6. The van der Waals surface area contributed by atoms with Crippen LogP contribution in [0.5, 0.6) is 5.75 Å². The highest BCUT2D eigenvalue weighted by atomic mass is 35.5. The van der Waals surface area contributed by atoms with Gasteiger partial charge in [0.15, 0.2) is 5.16 Å². The summed E-state index contributed by atoms with van der Waals surface area (Å²) in [7, 11) is 2.81. The molecule has 0 aliphatic rings. The van der Waals surface area contributed by atoms with Crippen molar-refractivity contribution in [2.45, 2.75) is 18.1 Å². The van der Waals surface area contributed by atoms with Crippen LogP contribution in [0.15, 0.2) is 60.3 Å². The highest BCUT2D eigenvalue weighted by Gasteiger charge is 2.17. The maximum absolute atomic E-state index is 12.6. The quantitative estimate of drug-likeness (QED) is 0.218. The van der Waals surface area contributed by atoms with Crippen LogP contribution in [0.25, 0.3) is 0 Å². The summed E-state index contributed by atoms with van der Waals surface area (Å²) in [5.41, 5.74) is 1.13. The second kappa shape index (κ2) is 12.8. The first kappa shape index (κ1) is 26.8. The van der Waals surface area contributed by atoms with E-state index < -0.39 is 5.97 Å². The van der Waals surface area contributed by atoms with E-state index in [2.05, 4.69) is 27.4 Å². The van der Waals surface area contributed by atoms with Gasteiger partial charge < -0.3 is 24.7 Å². The zero-order valence-electron chi connectivity index (χ0n) is 19.6. The van der Waals surface area contributed by atoms with Crippen LogP contribution in [0.1, 0.15) is 16.2 Å². The molecular weight excluding hydrogens is 506 g/mol. The largest absolute Gasteiger partial charge is 0.497 e. The average molecular weight is 530 g/mol. The molecule has 0 aliphatic heterocycles. The van der Waals surface area contributed by atoms with Crippen molar-refractivity contribution in [2.24, 2.45) is 0 Å². The molecule has 36 heavy (non-hydrogen) atoms. The number of halogens is 1. The number of nitrogens with one attached hydrogen (secondary N) is 2. The van der Waals surface area contributed by atoms with Gasteiger partial charge in [-0.05, 0) is 30.3 Å². The van der Waals surface area contributed by atoms with Crippen molar-refractivity contribution in [2.75, 3.05) is 30.6 Å². The summed E-state index contributed by atoms with van der Waals surface area (Å²) in [5, 5.41) is 14.5. The van der Waals surface area contributed by atoms with E-state index in [-0.39, 0.29) is 40.3 Å². The Morgan fingerprint density at radius 1 is 1.11 bits per heavy atom. The summed E-state index contributed by atoms with van der Waals surface area (Å²) < 4.78 is 11.6. The van der Waals surface area contributed by atoms with Gasteiger partial charge in [0.1, 0.15) is 11.6 Å². The lowest BCUT2D eigenvalue weighted by Gasteiger charge is -2.10. The van der Waals surface area contributed by atoms with Crippen molar-refractivity contribution in [3.8, 4) is 5.75 Å². The normalized spacial score (nSPS) is 10.4. The Kier molecular flexibility index (Phi) is 9.48. The SMILES string of the molecule is C=CCn1c(CC(=O)Nc2cccc(OC)c2)nnc1SCC(=O)Nc1cc(C(=O)OC)ccc1Cl. The Balaban J connectivity index is 1.64. The fourth-order valence-electron chi connectivity index (χ4n) is 3.10. The minimum Gasteiger partial charge on any atom is -0.497 e. The van der Waals surface area contributed by atoms with Gasteiger partial charge in [-0.15, -0.1) is 16.8 Å². The molecule has 2 aromatic carbocycles. The molecule has 0 bridgehead atoms. The molecule has 188 valence electrons. The fraction of sp³-hybridized carbons (Fsp3) is 0.208. The van der Waals surface area contributed by atoms with Crippen molar-refractivity contribution < 1.29 is 23.9 Å². The molecule has 3 aromatic rings. The molecule has 3 rings (SSSR count). The lowest BCUT2D eigenvalue weighted by molar-refractivity contribution is -0.116. The molecule has 1 aromatic heterocycles. The minimum atomic E-state index is -0.544. The number of anilines is 2. The van der Waals surface area contributed by atoms with Crippen LogP contribution >= 0.6 is 23.4 Å². The average Bonchev–Trinajstić information content (AvgIpc) is 3.24. The first-order valence-corrected chi connectivity index (χ1v) is 12.0. The number of carbonyl (C=O) groups excluding carboxylic acids is 3. The predicted octanol–water partition coefficient (Wildman–Crippen LogP) is 3.82. The van der Waals surface area contributed by atoms with Crippen molar-refractivity contribution in [3.05, 3.63) is 71.5 Å². The standard InChI is InChI=1S/C24H24ClN5O5S/c1-4-10-30-20(13-21(31)26-16-6-5-7-17(12-16)34-2)28-29-24(30)36-14-22(32)27-19-11-15(23(33)35-3)8-9-18(19)25/h4-9,11-12H,1,10,13-14H2,2-3H3,(H,26,31)(H,27,32). The number of hydrogen-bond acceptors (Lipinski definition) is 8. The fourth-order valence-corrected chi connectivity index (χ4v) is 4.03. The number of thioether (sulfide) groups is 1. The topological polar surface area (TPSA) is 124 Å². The molecule has 10 nitrogen and oxygen atoms in total. The molecule has 1 heterocycles. The molecule has 0 aliphatic carbocycles. The Morgan fingerprint density at radius 3 is 2.64 bits per heavy atom. The monoisotopic (exact) mass is 529 g/mol. The molecule has 0 spiro atoms. The molecule has 12 heteroatoms. The first-order valence-electron chi connectivity index (χ1n) is 10.6. The Hall–Kier alpha value is -3.83. The van der Waals surface area contributed by atoms with E-state index in [9.17, 15) is 14.4 Å². The third-order valence-electron chi connectivity index (χ3n) is 4.77. The Labute approximate surface area is 217 Å². The van der Waals surface area contributed by atoms with Gasteiger partial charge in [0.2, 0.25) is 11.8 Å². The third-order valence-corrected chi connectivity index (χ3v) is 6.07. The molecule has 0 atom stereocenters. The second-order valence-corrected chi connectivity index (χ2v) is 8.63. The lowest BCUT2D eigenvalue weighted by Crippen LogP contribution is -2.18. The van der Waals surface area contributed by atoms with Gasteiger partial charge in [-0.25, -0.2) is 4.79 Å². The number of nitrogens with zero attached hydrogens (tertiary/aromatic N) is 3. The van der Waals surface area contributed by atoms with Crippen LogP contribution in [0.3, 0.4) is 0 Å². The number of allylic oxidation sites excluding steroid dienone is 1. The zero-order chi connectivity index (χ0) is 26.1. The zero-order valence-corrected chi connectivity index (χ0v) is 21.2. The molecule has 2 amide bonds. The number of amides is 2. The number of hydrogen-bond donors (Lipinski definition) is 2. The predicted molar refractivity (Wildman–Crippen MR) is 138 cm³/mol. The second-order valence-electron chi connectivity index (χ2n) is 7.28. The van der Waals surface area contributed by atoms with Crippen molar-refractivity contribution in [3.63, 3.8) is 0 Å². The van der Waals surface area contributed by atoms with E-state index in [0.29, 0.717) is 29.0 Å². The number of benzene rings is 2. The molecule has 0 fully saturated rings. The van der Waals surface area contributed by atoms with E-state index in [1.165, 1.54) is 25.3 Å². The summed E-state index contributed by atoms with van der Waals surface area (Å²) in [6.07, 6.45) is 1.62. The van der Waals surface area contributed by atoms with E-state index in [1.54, 1.807) is 42.0 Å². The van der Waals surface area contributed by atoms with Gasteiger partial charge in [0.25, 0.3) is 0 Å². The van der Waals surface area contributed by atoms with Crippen LogP contribution in [0, 0.1) is 0 Å². The van der Waals surface area contributed by atoms with Crippen molar-refractivity contribution >= 4 is 52.5 Å². The maximum Gasteiger partial charge on any atom is 0.337 e. The molecule has 0 radical (unpaired) electrons. The number of rotatable bonds is 11. The summed E-state index contributed by atoms with van der Waals surface area (Å²) in [5.74, 6) is -0.156. The number of aromatic nitrogens is 3. The van der Waals surface area contributed by atoms with Crippen LogP contribution in [-0.4, -0.2) is 52.5 Å². The highest BCUT2D eigenvalue weighted by Crippen LogP contribution is 2.25. The van der Waals surface area contributed by atoms with Gasteiger partial charge in [0.05, 0.1) is 42.7 Å². The van der Waals surface area contributed by atoms with Gasteiger partial charge in [-0.2, -0.15) is 0 Å². The van der Waals surface area contributed by atoms with Gasteiger partial charge in [-0.3, -0.25) is 9.59 Å². The number of methoxy groups -OCH3 is 2. The molecule has 0 saturated heterocycles. The summed E-state index contributed by atoms with van der Waals surface area (Å²) >= 11 is 7.28. The third kappa shape index (κ3) is 7.09. The molecule has 0 saturated carbocycles. The van der Waals surface area contributed by atoms with Crippen LogP contribution in [-0.2, 0) is 27.3 Å². The van der Waals surface area contributed by atoms with Gasteiger partial charge >= 0.3 is 5.97 Å². The number of carbonyl (C=O) groups is 3. The van der Waals surface area contributed by atoms with Crippen LogP contribution in [0.4, 0.5) is 11.4 Å². The summed E-state index contributed by atoms with van der Waals surface area (Å²) in [6.45, 7) is 4.10. The number of ether oxygens (including phenoxy) is 2. The van der Waals surface area contributed by atoms with E-state index >= 15 is 0 Å². The van der Waals surface area contributed by atoms with Gasteiger partial charge in [0, 0.05) is 18.3 Å². The Bertz CT molecular complexity index is 1280. The highest BCUT2D eigenvalue weighted by molar-refractivity contribution is 7.99. The molecular formula is C24H24ClN5O5S. The number of esters is 1. The summed E-state index contributed by atoms with van der Waals surface area (Å²) in [6, 6.07) is 11.5. The van der Waals surface area contributed by atoms with Crippen LogP contribution in [0.2, 0.25) is 5.02 Å². The molecule has 0 unspecified atom stereocenters. The lowest BCUT2D eigenvalue weighted by atomic mass is 10.2. The first-order chi connectivity index (χ1) is 17.3. The van der Waals surface area contributed by atoms with E-state index in [4.69, 9.17) is 21.1 Å². The molecule has 2 N–H and O–H groups in total. The minimum absolute atomic E-state index is 0.00986. The van der Waals surface area contributed by atoms with E-state index in [1.807, 2.05) is 0 Å². The van der Waals surface area contributed by atoms with Gasteiger partial charge in [-0.1, -0.05) is 35.5 Å². The smallest absolute Gasteiger partial charge is 0.337 e. The van der Waals surface area contributed by atoms with Crippen molar-refractivity contribution in [1.82, 2.24) is 14.8 Å². The Morgan fingerprint density at radius 2 is 1.92 bits per heavy atom. The summed E-state index contributed by atoms with van der Waals surface area (Å²) in [4.78, 5) is 36.8. The van der Waals surface area contributed by atoms with Crippen LogP contribution < -0.4 is 15.4 Å². The van der Waals surface area contributed by atoms with E-state index in [0.717, 1.165) is 11.8 Å².